The van der Waals surface area contributed by atoms with Crippen LogP contribution in [-0.2, 0) is 11.2 Å². The number of nitrogens with two attached hydrogens (primary N) is 1. The smallest absolute Gasteiger partial charge is 0.234 e. The number of fused-ring (bicyclic) bond motifs is 3. The number of methoxy groups -OCH3 is 1. The third-order valence-corrected chi connectivity index (χ3v) is 10.3. The number of aromatic nitrogens is 2. The van der Waals surface area contributed by atoms with Crippen molar-refractivity contribution in [1.82, 2.24) is 9.97 Å². The van der Waals surface area contributed by atoms with E-state index in [2.05, 4.69) is 71.0 Å². The molecule has 0 fully saturated rings. The van der Waals surface area contributed by atoms with Crippen LogP contribution in [0.3, 0.4) is 0 Å². The molecule has 9 heteroatoms. The third-order valence-electron chi connectivity index (χ3n) is 6.58. The number of hydrogen-bond donors (Lipinski definition) is 2. The van der Waals surface area contributed by atoms with E-state index < -0.39 is 0 Å². The number of thioether (sulfide) groups is 2. The Balaban J connectivity index is 1.29. The van der Waals surface area contributed by atoms with E-state index in [0.29, 0.717) is 27.7 Å². The van der Waals surface area contributed by atoms with Gasteiger partial charge in [0.25, 0.3) is 0 Å². The van der Waals surface area contributed by atoms with Gasteiger partial charge in [-0.2, -0.15) is 0 Å². The predicted molar refractivity (Wildman–Crippen MR) is 163 cm³/mol. The van der Waals surface area contributed by atoms with Crippen molar-refractivity contribution in [3.63, 3.8) is 0 Å². The number of nitrogens with zero attached hydrogens (tertiary/aromatic N) is 2. The molecule has 2 atom stereocenters. The zero-order chi connectivity index (χ0) is 26.8. The molecule has 2 aromatic heterocycles. The quantitative estimate of drug-likeness (QED) is 0.159. The van der Waals surface area contributed by atoms with Crippen molar-refractivity contribution in [2.45, 2.75) is 22.1 Å². The maximum absolute atomic E-state index is 12.6. The minimum atomic E-state index is -0.146. The van der Waals surface area contributed by atoms with Crippen LogP contribution in [0.1, 0.15) is 32.1 Å². The zero-order valence-electron chi connectivity index (χ0n) is 21.2. The molecule has 0 saturated heterocycles. The van der Waals surface area contributed by atoms with Crippen molar-refractivity contribution in [1.29, 1.82) is 0 Å². The molecule has 3 aromatic carbocycles. The molecule has 3 N–H and O–H groups in total. The number of hydrogen-bond acceptors (Lipinski definition) is 8. The average Bonchev–Trinajstić information content (AvgIpc) is 3.35. The minimum absolute atomic E-state index is 0.146. The maximum Gasteiger partial charge on any atom is 0.234 e. The second-order valence-corrected chi connectivity index (χ2v) is 12.4. The van der Waals surface area contributed by atoms with Gasteiger partial charge in [-0.3, -0.25) is 4.79 Å². The van der Waals surface area contributed by atoms with Gasteiger partial charge in [-0.05, 0) is 35.2 Å². The highest BCUT2D eigenvalue weighted by Gasteiger charge is 2.34. The maximum atomic E-state index is 12.6. The Labute approximate surface area is 239 Å². The predicted octanol–water partition coefficient (Wildman–Crippen LogP) is 7.13. The van der Waals surface area contributed by atoms with Crippen LogP contribution >= 0.6 is 34.9 Å². The molecule has 5 aromatic rings. The summed E-state index contributed by atoms with van der Waals surface area (Å²) in [7, 11) is 1.60. The second-order valence-electron chi connectivity index (χ2n) is 9.12. The van der Waals surface area contributed by atoms with Crippen molar-refractivity contribution in [2.24, 2.45) is 0 Å². The van der Waals surface area contributed by atoms with Gasteiger partial charge in [-0.25, -0.2) is 9.97 Å². The molecule has 0 saturated carbocycles. The number of thiophene rings is 1. The summed E-state index contributed by atoms with van der Waals surface area (Å²) in [6.45, 7) is 0. The van der Waals surface area contributed by atoms with E-state index >= 15 is 0 Å². The number of carbonyl (C=O) groups is 1. The zero-order valence-corrected chi connectivity index (χ0v) is 23.6. The monoisotopic (exact) mass is 570 g/mol. The molecule has 39 heavy (non-hydrogen) atoms. The van der Waals surface area contributed by atoms with Crippen molar-refractivity contribution < 1.29 is 9.53 Å². The first-order valence-corrected chi connectivity index (χ1v) is 15.2. The van der Waals surface area contributed by atoms with Gasteiger partial charge in [0.1, 0.15) is 16.4 Å². The van der Waals surface area contributed by atoms with Gasteiger partial charge in [0.2, 0.25) is 5.91 Å². The fourth-order valence-electron chi connectivity index (χ4n) is 4.77. The van der Waals surface area contributed by atoms with E-state index in [1.165, 1.54) is 33.3 Å². The molecular weight excluding hydrogens is 545 g/mol. The van der Waals surface area contributed by atoms with Crippen molar-refractivity contribution in [3.8, 4) is 5.75 Å². The van der Waals surface area contributed by atoms with Crippen LogP contribution in [0.25, 0.3) is 10.2 Å². The Morgan fingerprint density at radius 1 is 1.03 bits per heavy atom. The van der Waals surface area contributed by atoms with Crippen LogP contribution in [-0.4, -0.2) is 28.7 Å². The largest absolute Gasteiger partial charge is 0.497 e. The molecule has 196 valence electrons. The molecule has 0 radical (unpaired) electrons. The first-order valence-electron chi connectivity index (χ1n) is 12.5. The van der Waals surface area contributed by atoms with E-state index in [1.807, 2.05) is 30.0 Å². The molecular formula is C30H26N4O2S3. The minimum Gasteiger partial charge on any atom is -0.497 e. The number of benzene rings is 3. The molecule has 0 spiro atoms. The lowest BCUT2D eigenvalue weighted by Crippen LogP contribution is -2.14. The summed E-state index contributed by atoms with van der Waals surface area (Å²) in [4.78, 5) is 24.2. The SMILES string of the molecule is COc1cccc(NC(=O)CSc2nc(N)c3c4c(sc3n2)C(c2ccccc2)SC(c2ccccc2)C4)c1. The number of ether oxygens (including phenoxy) is 1. The average molecular weight is 571 g/mol. The standard InChI is InChI=1S/C30H26N4O2S3/c1-36-21-14-8-13-20(15-21)32-24(35)17-37-30-33-28(31)25-22-16-23(18-9-4-2-5-10-18)38-26(19-11-6-3-7-12-19)27(22)39-29(25)34-30/h2-15,23,26H,16-17H2,1H3,(H,32,35)(H2,31,33,34). The molecule has 0 bridgehead atoms. The van der Waals surface area contributed by atoms with Gasteiger partial charge in [0.15, 0.2) is 5.16 Å². The first-order chi connectivity index (χ1) is 19.1. The normalized spacial score (nSPS) is 16.5. The van der Waals surface area contributed by atoms with Gasteiger partial charge in [0, 0.05) is 21.9 Å². The van der Waals surface area contributed by atoms with E-state index in [0.717, 1.165) is 16.6 Å². The fourth-order valence-corrected chi connectivity index (χ4v) is 8.50. The van der Waals surface area contributed by atoms with Gasteiger partial charge < -0.3 is 15.8 Å². The Kier molecular flexibility index (Phi) is 7.45. The third kappa shape index (κ3) is 5.48. The van der Waals surface area contributed by atoms with Gasteiger partial charge >= 0.3 is 0 Å². The lowest BCUT2D eigenvalue weighted by Gasteiger charge is -2.30. The van der Waals surface area contributed by atoms with Crippen molar-refractivity contribution in [2.75, 3.05) is 23.9 Å². The first kappa shape index (κ1) is 25.7. The molecule has 3 heterocycles. The van der Waals surface area contributed by atoms with Gasteiger partial charge in [-0.15, -0.1) is 23.1 Å². The summed E-state index contributed by atoms with van der Waals surface area (Å²) in [5, 5.41) is 4.83. The summed E-state index contributed by atoms with van der Waals surface area (Å²) >= 11 is 4.95. The summed E-state index contributed by atoms with van der Waals surface area (Å²) in [5.74, 6) is 1.18. The highest BCUT2D eigenvalue weighted by atomic mass is 32.2. The highest BCUT2D eigenvalue weighted by molar-refractivity contribution is 8.00. The number of rotatable bonds is 7. The van der Waals surface area contributed by atoms with E-state index in [9.17, 15) is 4.79 Å². The van der Waals surface area contributed by atoms with Gasteiger partial charge in [-0.1, -0.05) is 78.5 Å². The number of nitrogen functional groups attached to an aromatic ring is 1. The number of carbonyl (C=O) groups excluding carboxylic acids is 1. The number of amides is 1. The molecule has 0 aliphatic carbocycles. The van der Waals surface area contributed by atoms with Crippen molar-refractivity contribution >= 4 is 62.5 Å². The summed E-state index contributed by atoms with van der Waals surface area (Å²) in [6, 6.07) is 28.5. The topological polar surface area (TPSA) is 90.1 Å². The summed E-state index contributed by atoms with van der Waals surface area (Å²) in [5.41, 5.74) is 11.1. The van der Waals surface area contributed by atoms with Crippen LogP contribution in [0, 0.1) is 0 Å². The molecule has 2 unspecified atom stereocenters. The van der Waals surface area contributed by atoms with Crippen LogP contribution in [0.5, 0.6) is 5.75 Å². The lowest BCUT2D eigenvalue weighted by atomic mass is 9.98. The fraction of sp³-hybridized carbons (Fsp3) is 0.167. The summed E-state index contributed by atoms with van der Waals surface area (Å²) in [6.07, 6.45) is 0.871. The molecule has 6 rings (SSSR count). The number of anilines is 2. The van der Waals surface area contributed by atoms with E-state index in [1.54, 1.807) is 24.5 Å². The summed E-state index contributed by atoms with van der Waals surface area (Å²) < 4.78 is 5.23. The van der Waals surface area contributed by atoms with Crippen LogP contribution in [0.4, 0.5) is 11.5 Å². The Morgan fingerprint density at radius 2 is 1.77 bits per heavy atom. The molecule has 1 amide bonds. The van der Waals surface area contributed by atoms with E-state index in [-0.39, 0.29) is 16.9 Å². The van der Waals surface area contributed by atoms with E-state index in [4.69, 9.17) is 15.5 Å². The van der Waals surface area contributed by atoms with Crippen LogP contribution in [0.15, 0.2) is 90.1 Å². The molecule has 6 nitrogen and oxygen atoms in total. The second kappa shape index (κ2) is 11.3. The molecule has 1 aliphatic rings. The van der Waals surface area contributed by atoms with Crippen LogP contribution in [0.2, 0.25) is 0 Å². The Bertz CT molecular complexity index is 1630. The highest BCUT2D eigenvalue weighted by Crippen LogP contribution is 2.55. The Morgan fingerprint density at radius 3 is 2.51 bits per heavy atom. The Hall–Kier alpha value is -3.53. The van der Waals surface area contributed by atoms with Crippen LogP contribution < -0.4 is 15.8 Å². The number of nitrogens with one attached hydrogen (secondary N) is 1. The molecule has 1 aliphatic heterocycles. The lowest BCUT2D eigenvalue weighted by molar-refractivity contribution is -0.113. The van der Waals surface area contributed by atoms with Crippen molar-refractivity contribution in [3.05, 3.63) is 106 Å². The van der Waals surface area contributed by atoms with Gasteiger partial charge in [0.05, 0.1) is 23.5 Å².